The van der Waals surface area contributed by atoms with Gasteiger partial charge in [-0.3, -0.25) is 0 Å². The number of rotatable bonds is 5. The van der Waals surface area contributed by atoms with Crippen LogP contribution in [0.3, 0.4) is 0 Å². The SMILES string of the molecule is O=C(Oc1cc(O)cc2c1C[C@@H](OC(=O)c1cc(O)c(O)c(O)c1)[C@@H](c1ccc(O)c(O)c1)O2)c1cc(O)c(O)c(O)c1. The van der Waals surface area contributed by atoms with Crippen LogP contribution in [-0.4, -0.2) is 64.0 Å². The van der Waals surface area contributed by atoms with Crippen LogP contribution in [-0.2, 0) is 11.2 Å². The number of phenols is 9. The first-order valence-corrected chi connectivity index (χ1v) is 12.3. The van der Waals surface area contributed by atoms with Crippen molar-refractivity contribution in [1.82, 2.24) is 0 Å². The Morgan fingerprint density at radius 3 is 1.77 bits per heavy atom. The predicted molar refractivity (Wildman–Crippen MR) is 142 cm³/mol. The van der Waals surface area contributed by atoms with Gasteiger partial charge in [0.25, 0.3) is 0 Å². The monoisotopic (exact) mass is 594 g/mol. The minimum atomic E-state index is -1.26. The maximum absolute atomic E-state index is 13.1. The van der Waals surface area contributed by atoms with E-state index in [0.717, 1.165) is 42.5 Å². The lowest BCUT2D eigenvalue weighted by Crippen LogP contribution is -2.35. The third kappa shape index (κ3) is 5.44. The van der Waals surface area contributed by atoms with Gasteiger partial charge in [0.2, 0.25) is 0 Å². The van der Waals surface area contributed by atoms with E-state index in [4.69, 9.17) is 14.2 Å². The average Bonchev–Trinajstić information content (AvgIpc) is 2.95. The molecule has 0 aromatic heterocycles. The van der Waals surface area contributed by atoms with E-state index in [2.05, 4.69) is 0 Å². The van der Waals surface area contributed by atoms with Crippen LogP contribution in [0.2, 0.25) is 0 Å². The summed E-state index contributed by atoms with van der Waals surface area (Å²) in [7, 11) is 0. The molecule has 0 saturated heterocycles. The van der Waals surface area contributed by atoms with Crippen molar-refractivity contribution in [1.29, 1.82) is 0 Å². The largest absolute Gasteiger partial charge is 0.508 e. The summed E-state index contributed by atoms with van der Waals surface area (Å²) in [6, 6.07) is 9.31. The van der Waals surface area contributed by atoms with Gasteiger partial charge in [0, 0.05) is 29.7 Å². The Kier molecular flexibility index (Phi) is 7.03. The lowest BCUT2D eigenvalue weighted by molar-refractivity contribution is -0.0189. The molecule has 43 heavy (non-hydrogen) atoms. The summed E-state index contributed by atoms with van der Waals surface area (Å²) in [4.78, 5) is 25.9. The zero-order chi connectivity index (χ0) is 31.2. The van der Waals surface area contributed by atoms with Gasteiger partial charge < -0.3 is 60.2 Å². The number of phenolic OH excluding ortho intramolecular Hbond substituents is 9. The summed E-state index contributed by atoms with van der Waals surface area (Å²) in [6.07, 6.45) is -2.68. The van der Waals surface area contributed by atoms with Crippen LogP contribution >= 0.6 is 0 Å². The van der Waals surface area contributed by atoms with Gasteiger partial charge in [-0.15, -0.1) is 0 Å². The molecular formula is C29H22O14. The van der Waals surface area contributed by atoms with Crippen molar-refractivity contribution in [3.8, 4) is 63.2 Å². The highest BCUT2D eigenvalue weighted by Gasteiger charge is 2.38. The van der Waals surface area contributed by atoms with Crippen molar-refractivity contribution >= 4 is 11.9 Å². The first-order chi connectivity index (χ1) is 20.3. The van der Waals surface area contributed by atoms with Crippen molar-refractivity contribution in [3.63, 3.8) is 0 Å². The van der Waals surface area contributed by atoms with E-state index in [-0.39, 0.29) is 40.2 Å². The van der Waals surface area contributed by atoms with Gasteiger partial charge in [-0.2, -0.15) is 0 Å². The number of benzene rings is 4. The fourth-order valence-electron chi connectivity index (χ4n) is 4.44. The van der Waals surface area contributed by atoms with Gasteiger partial charge >= 0.3 is 11.9 Å². The van der Waals surface area contributed by atoms with Gasteiger partial charge in [0.1, 0.15) is 23.4 Å². The maximum Gasteiger partial charge on any atom is 0.343 e. The summed E-state index contributed by atoms with van der Waals surface area (Å²) in [5, 5.41) is 88.5. The van der Waals surface area contributed by atoms with Crippen molar-refractivity contribution in [2.24, 2.45) is 0 Å². The number of esters is 2. The Labute approximate surface area is 240 Å². The second-order valence-corrected chi connectivity index (χ2v) is 9.47. The maximum atomic E-state index is 13.1. The van der Waals surface area contributed by atoms with E-state index in [1.165, 1.54) is 12.1 Å². The number of hydrogen-bond donors (Lipinski definition) is 9. The number of ether oxygens (including phenoxy) is 3. The minimum absolute atomic E-state index is 0.0241. The second kappa shape index (κ2) is 10.7. The third-order valence-corrected chi connectivity index (χ3v) is 6.55. The summed E-state index contributed by atoms with van der Waals surface area (Å²) in [5.74, 6) is -8.76. The van der Waals surface area contributed by atoms with Crippen LogP contribution < -0.4 is 9.47 Å². The van der Waals surface area contributed by atoms with Crippen molar-refractivity contribution in [2.45, 2.75) is 18.6 Å². The van der Waals surface area contributed by atoms with Crippen molar-refractivity contribution in [2.75, 3.05) is 0 Å². The quantitative estimate of drug-likeness (QED) is 0.0916. The molecule has 1 aliphatic rings. The Hall–Kier alpha value is -6.18. The average molecular weight is 594 g/mol. The molecule has 0 saturated carbocycles. The standard InChI is InChI=1S/C29H22O14/c30-14-8-22-15(23(9-14)42-28(39)12-4-18(33)25(37)19(34)5-12)10-24(27(41-22)11-1-2-16(31)17(32)3-11)43-29(40)13-6-20(35)26(38)21(36)7-13/h1-9,24,27,30-38H,10H2/t24-,27-/m1/s1. The lowest BCUT2D eigenvalue weighted by Gasteiger charge is -2.34. The molecular weight excluding hydrogens is 572 g/mol. The number of carbonyl (C=O) groups is 2. The fraction of sp³-hybridized carbons (Fsp3) is 0.103. The molecule has 0 amide bonds. The molecule has 0 unspecified atom stereocenters. The summed E-state index contributed by atoms with van der Waals surface area (Å²) < 4.78 is 17.0. The van der Waals surface area contributed by atoms with Crippen molar-refractivity contribution in [3.05, 3.63) is 76.9 Å². The predicted octanol–water partition coefficient (Wildman–Crippen LogP) is 3.16. The van der Waals surface area contributed by atoms with Gasteiger partial charge in [-0.1, -0.05) is 6.07 Å². The smallest absolute Gasteiger partial charge is 0.343 e. The normalized spacial score (nSPS) is 15.6. The van der Waals surface area contributed by atoms with Crippen LogP contribution in [0.25, 0.3) is 0 Å². The highest BCUT2D eigenvalue weighted by molar-refractivity contribution is 5.93. The molecule has 2 atom stereocenters. The van der Waals surface area contributed by atoms with Crippen molar-refractivity contribution < 1.29 is 69.8 Å². The lowest BCUT2D eigenvalue weighted by atomic mass is 9.93. The van der Waals surface area contributed by atoms with Crippen LogP contribution in [0.4, 0.5) is 0 Å². The number of aromatic hydroxyl groups is 9. The molecule has 14 heteroatoms. The molecule has 9 N–H and O–H groups in total. The summed E-state index contributed by atoms with van der Waals surface area (Å²) in [5.41, 5.74) is -0.386. The molecule has 0 fully saturated rings. The highest BCUT2D eigenvalue weighted by Crippen LogP contribution is 2.45. The van der Waals surface area contributed by atoms with E-state index < -0.39 is 75.9 Å². The van der Waals surface area contributed by atoms with Crippen LogP contribution in [0, 0.1) is 0 Å². The minimum Gasteiger partial charge on any atom is -0.508 e. The zero-order valence-corrected chi connectivity index (χ0v) is 21.6. The molecule has 222 valence electrons. The molecule has 4 aromatic rings. The molecule has 4 aromatic carbocycles. The van der Waals surface area contributed by atoms with Gasteiger partial charge in [0.15, 0.2) is 52.1 Å². The Balaban J connectivity index is 1.53. The number of hydrogen-bond acceptors (Lipinski definition) is 14. The molecule has 0 aliphatic carbocycles. The third-order valence-electron chi connectivity index (χ3n) is 6.55. The van der Waals surface area contributed by atoms with Crippen LogP contribution in [0.15, 0.2) is 54.6 Å². The molecule has 1 aliphatic heterocycles. The Morgan fingerprint density at radius 2 is 1.21 bits per heavy atom. The molecule has 0 spiro atoms. The second-order valence-electron chi connectivity index (χ2n) is 9.47. The highest BCUT2D eigenvalue weighted by atomic mass is 16.6. The van der Waals surface area contributed by atoms with E-state index in [0.29, 0.717) is 0 Å². The summed E-state index contributed by atoms with van der Waals surface area (Å²) >= 11 is 0. The van der Waals surface area contributed by atoms with E-state index in [1.807, 2.05) is 0 Å². The topological polar surface area (TPSA) is 244 Å². The molecule has 5 rings (SSSR count). The van der Waals surface area contributed by atoms with E-state index >= 15 is 0 Å². The molecule has 14 nitrogen and oxygen atoms in total. The van der Waals surface area contributed by atoms with Gasteiger partial charge in [-0.25, -0.2) is 9.59 Å². The van der Waals surface area contributed by atoms with Crippen LogP contribution in [0.5, 0.6) is 63.2 Å². The molecule has 1 heterocycles. The first kappa shape index (κ1) is 28.4. The fourth-order valence-corrected chi connectivity index (χ4v) is 4.44. The Bertz CT molecular complexity index is 1730. The number of fused-ring (bicyclic) bond motifs is 1. The Morgan fingerprint density at radius 1 is 0.651 bits per heavy atom. The molecule has 0 radical (unpaired) electrons. The van der Waals surface area contributed by atoms with Crippen LogP contribution in [0.1, 0.15) is 37.9 Å². The zero-order valence-electron chi connectivity index (χ0n) is 21.6. The summed E-state index contributed by atoms with van der Waals surface area (Å²) in [6.45, 7) is 0. The van der Waals surface area contributed by atoms with Gasteiger partial charge in [0.05, 0.1) is 11.1 Å². The molecule has 0 bridgehead atoms. The number of carbonyl (C=O) groups excluding carboxylic acids is 2. The van der Waals surface area contributed by atoms with Gasteiger partial charge in [-0.05, 0) is 36.4 Å². The van der Waals surface area contributed by atoms with E-state index in [9.17, 15) is 55.5 Å². The van der Waals surface area contributed by atoms with E-state index in [1.54, 1.807) is 0 Å². The first-order valence-electron chi connectivity index (χ1n) is 12.3.